The Bertz CT molecular complexity index is 1470. The molecule has 1 heterocycles. The van der Waals surface area contributed by atoms with Gasteiger partial charge in [-0.3, -0.25) is 24.7 Å². The van der Waals surface area contributed by atoms with E-state index < -0.39 is 45.2 Å². The Labute approximate surface area is 227 Å². The zero-order chi connectivity index (χ0) is 29.5. The Morgan fingerprint density at radius 1 is 1.10 bits per heavy atom. The second-order valence-electron chi connectivity index (χ2n) is 9.10. The second kappa shape index (κ2) is 12.0. The highest BCUT2D eigenvalue weighted by Crippen LogP contribution is 2.45. The van der Waals surface area contributed by atoms with Crippen molar-refractivity contribution in [1.29, 1.82) is 0 Å². The number of aliphatic carboxylic acids is 2. The smallest absolute Gasteiger partial charge is 0.316 e. The molecule has 1 aliphatic rings. The van der Waals surface area contributed by atoms with Gasteiger partial charge in [-0.15, -0.1) is 0 Å². The minimum absolute atomic E-state index is 0.0214. The van der Waals surface area contributed by atoms with E-state index in [2.05, 4.69) is 10.3 Å². The maximum atomic E-state index is 14.1. The van der Waals surface area contributed by atoms with E-state index in [9.17, 15) is 39.1 Å². The Hall–Kier alpha value is -5.33. The van der Waals surface area contributed by atoms with Gasteiger partial charge in [-0.05, 0) is 44.0 Å². The number of aromatic nitrogens is 1. The van der Waals surface area contributed by atoms with Crippen LogP contribution in [-0.4, -0.2) is 38.1 Å². The zero-order valence-corrected chi connectivity index (χ0v) is 21.1. The van der Waals surface area contributed by atoms with Crippen LogP contribution in [0.15, 0.2) is 79.0 Å². The molecule has 0 aliphatic heterocycles. The van der Waals surface area contributed by atoms with Crippen molar-refractivity contribution in [3.05, 3.63) is 101 Å². The number of carbonyl (C=O) groups is 3. The molecule has 0 saturated carbocycles. The van der Waals surface area contributed by atoms with Crippen molar-refractivity contribution in [2.45, 2.75) is 25.2 Å². The lowest BCUT2D eigenvalue weighted by molar-refractivity contribution is -0.385. The molecule has 1 aliphatic carbocycles. The summed E-state index contributed by atoms with van der Waals surface area (Å²) in [6.45, 7) is 1.43. The van der Waals surface area contributed by atoms with Crippen LogP contribution in [0.5, 0.6) is 11.5 Å². The fourth-order valence-electron chi connectivity index (χ4n) is 4.11. The third-order valence-electron chi connectivity index (χ3n) is 6.14. The fourth-order valence-corrected chi connectivity index (χ4v) is 4.11. The lowest BCUT2D eigenvalue weighted by atomic mass is 9.64. The number of hydrogen-bond donors (Lipinski definition) is 4. The number of nitrogens with one attached hydrogen (secondary N) is 1. The predicted octanol–water partition coefficient (Wildman–Crippen LogP) is 4.86. The average Bonchev–Trinajstić information content (AvgIpc) is 2.90. The number of primary amides is 1. The van der Waals surface area contributed by atoms with E-state index in [1.165, 1.54) is 37.4 Å². The standard InChI is InChI=1S/C20H17FN2O7.C7H8N2O/c1-19(17(24)25)6-2-7-20(11-19,18(26)27)16-10-13(5-8-22-16)30-15-4-3-12(23(28)29)9-14(15)21;8-7(10)9-6-4-2-1-3-5-6/h2-6,8-10H,7,11H2,1H3,(H,24,25)(H,26,27);1-5H,(H3,8,9,10). The summed E-state index contributed by atoms with van der Waals surface area (Å²) in [6, 6.07) is 14.1. The number of carbonyl (C=O) groups excluding carboxylic acids is 1. The summed E-state index contributed by atoms with van der Waals surface area (Å²) in [5.41, 5.74) is 2.19. The Kier molecular flexibility index (Phi) is 8.79. The van der Waals surface area contributed by atoms with E-state index in [4.69, 9.17) is 10.5 Å². The van der Waals surface area contributed by atoms with Crippen molar-refractivity contribution in [1.82, 2.24) is 4.98 Å². The van der Waals surface area contributed by atoms with Gasteiger partial charge in [-0.2, -0.15) is 0 Å². The number of halogens is 1. The highest BCUT2D eigenvalue weighted by atomic mass is 19.1. The first-order chi connectivity index (χ1) is 18.9. The van der Waals surface area contributed by atoms with Gasteiger partial charge in [-0.1, -0.05) is 30.4 Å². The van der Waals surface area contributed by atoms with Gasteiger partial charge in [0.05, 0.1) is 22.1 Å². The number of rotatable bonds is 7. The highest BCUT2D eigenvalue weighted by molar-refractivity contribution is 5.87. The van der Waals surface area contributed by atoms with Crippen molar-refractivity contribution in [3.8, 4) is 11.5 Å². The lowest BCUT2D eigenvalue weighted by Crippen LogP contribution is -2.45. The largest absolute Gasteiger partial charge is 0.481 e. The molecule has 0 bridgehead atoms. The number of benzene rings is 2. The van der Waals surface area contributed by atoms with Crippen molar-refractivity contribution in [2.24, 2.45) is 11.1 Å². The van der Waals surface area contributed by atoms with Crippen molar-refractivity contribution < 1.29 is 38.6 Å². The maximum Gasteiger partial charge on any atom is 0.316 e. The monoisotopic (exact) mass is 552 g/mol. The summed E-state index contributed by atoms with van der Waals surface area (Å²) in [5.74, 6) is -3.61. The van der Waals surface area contributed by atoms with Crippen LogP contribution in [0, 0.1) is 21.3 Å². The summed E-state index contributed by atoms with van der Waals surface area (Å²) in [5, 5.41) is 32.6. The number of nitro benzene ring substituents is 1. The third kappa shape index (κ3) is 6.75. The highest BCUT2D eigenvalue weighted by Gasteiger charge is 2.50. The number of urea groups is 1. The quantitative estimate of drug-likeness (QED) is 0.180. The third-order valence-corrected chi connectivity index (χ3v) is 6.14. The van der Waals surface area contributed by atoms with Gasteiger partial charge in [0.15, 0.2) is 11.6 Å². The molecule has 2 unspecified atom stereocenters. The molecular weight excluding hydrogens is 527 g/mol. The number of carboxylic acids is 2. The van der Waals surface area contributed by atoms with E-state index in [-0.39, 0.29) is 30.0 Å². The summed E-state index contributed by atoms with van der Waals surface area (Å²) in [4.78, 5) is 48.2. The molecule has 5 N–H and O–H groups in total. The molecule has 3 aromatic rings. The molecule has 0 fully saturated rings. The molecule has 13 heteroatoms. The van der Waals surface area contributed by atoms with Crippen molar-refractivity contribution in [2.75, 3.05) is 5.32 Å². The Morgan fingerprint density at radius 3 is 2.38 bits per heavy atom. The van der Waals surface area contributed by atoms with Crippen LogP contribution in [0.3, 0.4) is 0 Å². The number of pyridine rings is 1. The molecular formula is C27H25FN4O8. The predicted molar refractivity (Wildman–Crippen MR) is 140 cm³/mol. The van der Waals surface area contributed by atoms with Gasteiger partial charge in [-0.25, -0.2) is 9.18 Å². The summed E-state index contributed by atoms with van der Waals surface area (Å²) in [6.07, 6.45) is 4.02. The van der Waals surface area contributed by atoms with Crippen LogP contribution >= 0.6 is 0 Å². The minimum Gasteiger partial charge on any atom is -0.481 e. The number of para-hydroxylation sites is 1. The molecule has 2 amide bonds. The molecule has 4 rings (SSSR count). The topological polar surface area (TPSA) is 195 Å². The zero-order valence-electron chi connectivity index (χ0n) is 21.1. The molecule has 2 aromatic carbocycles. The maximum absolute atomic E-state index is 14.1. The summed E-state index contributed by atoms with van der Waals surface area (Å²) >= 11 is 0. The normalized spacial score (nSPS) is 19.4. The first kappa shape index (κ1) is 29.2. The fraction of sp³-hybridized carbons (Fsp3) is 0.185. The first-order valence-corrected chi connectivity index (χ1v) is 11.7. The lowest BCUT2D eigenvalue weighted by Gasteiger charge is -2.37. The molecule has 208 valence electrons. The van der Waals surface area contributed by atoms with E-state index >= 15 is 0 Å². The minimum atomic E-state index is -1.62. The van der Waals surface area contributed by atoms with Crippen LogP contribution in [0.2, 0.25) is 0 Å². The number of nitrogens with two attached hydrogens (primary N) is 1. The number of carboxylic acid groups (broad SMARTS) is 2. The van der Waals surface area contributed by atoms with Gasteiger partial charge >= 0.3 is 18.0 Å². The molecule has 0 radical (unpaired) electrons. The van der Waals surface area contributed by atoms with Gasteiger partial charge in [0.2, 0.25) is 0 Å². The van der Waals surface area contributed by atoms with Crippen molar-refractivity contribution >= 4 is 29.3 Å². The number of hydrogen-bond acceptors (Lipinski definition) is 7. The van der Waals surface area contributed by atoms with Crippen LogP contribution in [0.1, 0.15) is 25.5 Å². The van der Waals surface area contributed by atoms with Gasteiger partial charge in [0.25, 0.3) is 5.69 Å². The van der Waals surface area contributed by atoms with E-state index in [0.717, 1.165) is 17.8 Å². The number of nitro groups is 1. The SMILES string of the molecule is CC1(C(=O)O)C=CCC(C(=O)O)(c2cc(Oc3ccc([N+](=O)[O-])cc3F)ccn2)C1.NC(=O)Nc1ccccc1. The number of non-ortho nitro benzene ring substituents is 1. The number of nitrogens with zero attached hydrogens (tertiary/aromatic N) is 2. The van der Waals surface area contributed by atoms with Gasteiger partial charge < -0.3 is 26.0 Å². The number of anilines is 1. The van der Waals surface area contributed by atoms with Crippen LogP contribution in [-0.2, 0) is 15.0 Å². The summed E-state index contributed by atoms with van der Waals surface area (Å²) < 4.78 is 19.6. The molecule has 40 heavy (non-hydrogen) atoms. The van der Waals surface area contributed by atoms with E-state index in [1.54, 1.807) is 12.1 Å². The first-order valence-electron chi connectivity index (χ1n) is 11.7. The Morgan fingerprint density at radius 2 is 1.80 bits per heavy atom. The number of ether oxygens (including phenoxy) is 1. The number of allylic oxidation sites excluding steroid dienone is 1. The number of amides is 2. The van der Waals surface area contributed by atoms with E-state index in [0.29, 0.717) is 6.07 Å². The molecule has 1 aromatic heterocycles. The average molecular weight is 553 g/mol. The van der Waals surface area contributed by atoms with Crippen LogP contribution < -0.4 is 15.8 Å². The molecule has 12 nitrogen and oxygen atoms in total. The molecule has 2 atom stereocenters. The molecule has 0 spiro atoms. The van der Waals surface area contributed by atoms with Gasteiger partial charge in [0, 0.05) is 24.0 Å². The summed E-state index contributed by atoms with van der Waals surface area (Å²) in [7, 11) is 0. The van der Waals surface area contributed by atoms with Crippen LogP contribution in [0.25, 0.3) is 0 Å². The van der Waals surface area contributed by atoms with Crippen LogP contribution in [0.4, 0.5) is 20.6 Å². The van der Waals surface area contributed by atoms with Crippen molar-refractivity contribution in [3.63, 3.8) is 0 Å². The second-order valence-corrected chi connectivity index (χ2v) is 9.10. The van der Waals surface area contributed by atoms with E-state index in [1.807, 2.05) is 18.2 Å². The molecule has 0 saturated heterocycles. The van der Waals surface area contributed by atoms with Gasteiger partial charge in [0.1, 0.15) is 11.2 Å². The Balaban J connectivity index is 0.000000371.